The minimum atomic E-state index is 0.207. The molecule has 24 heavy (non-hydrogen) atoms. The summed E-state index contributed by atoms with van der Waals surface area (Å²) in [6, 6.07) is 16.2. The summed E-state index contributed by atoms with van der Waals surface area (Å²) in [7, 11) is 0. The van der Waals surface area contributed by atoms with Crippen LogP contribution in [0, 0.1) is 0 Å². The van der Waals surface area contributed by atoms with Crippen LogP contribution in [-0.4, -0.2) is 24.0 Å². The number of benzene rings is 2. The van der Waals surface area contributed by atoms with Crippen LogP contribution in [0.3, 0.4) is 0 Å². The highest BCUT2D eigenvalue weighted by atomic mass is 35.5. The summed E-state index contributed by atoms with van der Waals surface area (Å²) in [4.78, 5) is 1.21. The highest BCUT2D eigenvalue weighted by Gasteiger charge is 2.21. The van der Waals surface area contributed by atoms with E-state index in [2.05, 4.69) is 16.7 Å². The number of para-hydroxylation sites is 1. The SMILES string of the molecule is S=C(NCCSc1ccc(Cl)cc1)N[C@H]1CCOc2ccccc21. The molecule has 2 aromatic carbocycles. The number of hydrogen-bond donors (Lipinski definition) is 2. The Bertz CT molecular complexity index is 694. The molecule has 0 amide bonds. The fourth-order valence-electron chi connectivity index (χ4n) is 2.57. The van der Waals surface area contributed by atoms with Gasteiger partial charge in [-0.25, -0.2) is 0 Å². The zero-order valence-corrected chi connectivity index (χ0v) is 15.5. The highest BCUT2D eigenvalue weighted by molar-refractivity contribution is 7.99. The lowest BCUT2D eigenvalue weighted by Crippen LogP contribution is -2.40. The second-order valence-electron chi connectivity index (χ2n) is 5.43. The second kappa shape index (κ2) is 8.60. The van der Waals surface area contributed by atoms with Crippen molar-refractivity contribution in [1.29, 1.82) is 0 Å². The zero-order chi connectivity index (χ0) is 16.8. The Morgan fingerprint density at radius 1 is 1.21 bits per heavy atom. The summed E-state index contributed by atoms with van der Waals surface area (Å²) in [5.41, 5.74) is 1.17. The van der Waals surface area contributed by atoms with E-state index < -0.39 is 0 Å². The number of thiocarbonyl (C=S) groups is 1. The lowest BCUT2D eigenvalue weighted by molar-refractivity contribution is 0.262. The standard InChI is InChI=1S/C18H19ClN2OS2/c19-13-5-7-14(8-6-13)24-12-10-20-18(23)21-16-9-11-22-17-4-2-1-3-15(16)17/h1-8,16H,9-12H2,(H2,20,21,23)/t16-/m0/s1. The van der Waals surface area contributed by atoms with Crippen LogP contribution < -0.4 is 15.4 Å². The topological polar surface area (TPSA) is 33.3 Å². The third kappa shape index (κ3) is 4.79. The van der Waals surface area contributed by atoms with Crippen molar-refractivity contribution in [1.82, 2.24) is 10.6 Å². The van der Waals surface area contributed by atoms with E-state index in [1.54, 1.807) is 11.8 Å². The van der Waals surface area contributed by atoms with Crippen LogP contribution in [0.15, 0.2) is 53.4 Å². The first kappa shape index (κ1) is 17.4. The molecule has 1 heterocycles. The van der Waals surface area contributed by atoms with E-state index in [0.29, 0.717) is 11.7 Å². The van der Waals surface area contributed by atoms with Crippen LogP contribution in [-0.2, 0) is 0 Å². The molecule has 2 N–H and O–H groups in total. The molecule has 0 radical (unpaired) electrons. The number of nitrogens with one attached hydrogen (secondary N) is 2. The second-order valence-corrected chi connectivity index (χ2v) is 7.44. The molecule has 126 valence electrons. The lowest BCUT2D eigenvalue weighted by Gasteiger charge is -2.27. The molecule has 0 aliphatic carbocycles. The molecule has 1 aliphatic heterocycles. The van der Waals surface area contributed by atoms with Crippen molar-refractivity contribution in [2.75, 3.05) is 18.9 Å². The predicted octanol–water partition coefficient (Wildman–Crippen LogP) is 4.42. The van der Waals surface area contributed by atoms with Crippen molar-refractivity contribution in [3.63, 3.8) is 0 Å². The number of thioether (sulfide) groups is 1. The number of halogens is 1. The van der Waals surface area contributed by atoms with Gasteiger partial charge >= 0.3 is 0 Å². The number of rotatable bonds is 5. The van der Waals surface area contributed by atoms with Crippen molar-refractivity contribution < 1.29 is 4.74 Å². The van der Waals surface area contributed by atoms with Gasteiger partial charge in [0.05, 0.1) is 12.6 Å². The molecule has 0 bridgehead atoms. The van der Waals surface area contributed by atoms with Crippen LogP contribution in [0.5, 0.6) is 5.75 Å². The Labute approximate surface area is 157 Å². The van der Waals surface area contributed by atoms with Crippen LogP contribution in [0.2, 0.25) is 5.02 Å². The van der Waals surface area contributed by atoms with Gasteiger partial charge in [-0.3, -0.25) is 0 Å². The van der Waals surface area contributed by atoms with Gasteiger partial charge in [0, 0.05) is 34.2 Å². The maximum Gasteiger partial charge on any atom is 0.166 e. The maximum atomic E-state index is 5.89. The number of ether oxygens (including phenoxy) is 1. The Morgan fingerprint density at radius 2 is 2.00 bits per heavy atom. The minimum absolute atomic E-state index is 0.207. The molecule has 6 heteroatoms. The summed E-state index contributed by atoms with van der Waals surface area (Å²) in [5, 5.41) is 8.12. The first-order valence-corrected chi connectivity index (χ1v) is 9.64. The van der Waals surface area contributed by atoms with E-state index >= 15 is 0 Å². The molecule has 0 saturated heterocycles. The van der Waals surface area contributed by atoms with Crippen molar-refractivity contribution in [2.45, 2.75) is 17.4 Å². The molecule has 0 saturated carbocycles. The van der Waals surface area contributed by atoms with Crippen molar-refractivity contribution in [2.24, 2.45) is 0 Å². The van der Waals surface area contributed by atoms with Gasteiger partial charge in [-0.05, 0) is 42.5 Å². The summed E-state index contributed by atoms with van der Waals surface area (Å²) >= 11 is 13.1. The summed E-state index contributed by atoms with van der Waals surface area (Å²) in [6.07, 6.45) is 0.915. The average Bonchev–Trinajstić information content (AvgIpc) is 2.61. The van der Waals surface area contributed by atoms with Crippen molar-refractivity contribution in [3.05, 3.63) is 59.1 Å². The Kier molecular flexibility index (Phi) is 6.24. The monoisotopic (exact) mass is 378 g/mol. The molecule has 0 fully saturated rings. The Balaban J connectivity index is 1.42. The molecular weight excluding hydrogens is 360 g/mol. The van der Waals surface area contributed by atoms with Crippen molar-refractivity contribution >= 4 is 40.7 Å². The van der Waals surface area contributed by atoms with Gasteiger partial charge < -0.3 is 15.4 Å². The molecule has 3 rings (SSSR count). The van der Waals surface area contributed by atoms with Gasteiger partial charge in [0.2, 0.25) is 0 Å². The largest absolute Gasteiger partial charge is 0.493 e. The van der Waals surface area contributed by atoms with E-state index in [4.69, 9.17) is 28.6 Å². The van der Waals surface area contributed by atoms with E-state index in [0.717, 1.165) is 29.5 Å². The number of hydrogen-bond acceptors (Lipinski definition) is 3. The highest BCUT2D eigenvalue weighted by Crippen LogP contribution is 2.31. The van der Waals surface area contributed by atoms with Crippen LogP contribution >= 0.6 is 35.6 Å². The quantitative estimate of drug-likeness (QED) is 0.457. The van der Waals surface area contributed by atoms with Gasteiger partial charge in [0.15, 0.2) is 5.11 Å². The van der Waals surface area contributed by atoms with E-state index in [9.17, 15) is 0 Å². The molecule has 1 aliphatic rings. The van der Waals surface area contributed by atoms with Gasteiger partial charge in [-0.2, -0.15) is 0 Å². The van der Waals surface area contributed by atoms with Crippen LogP contribution in [0.4, 0.5) is 0 Å². The van der Waals surface area contributed by atoms with Crippen LogP contribution in [0.1, 0.15) is 18.0 Å². The average molecular weight is 379 g/mol. The molecule has 1 atom stereocenters. The molecule has 2 aromatic rings. The van der Waals surface area contributed by atoms with E-state index in [-0.39, 0.29) is 6.04 Å². The molecule has 0 spiro atoms. The zero-order valence-electron chi connectivity index (χ0n) is 13.1. The summed E-state index contributed by atoms with van der Waals surface area (Å²) in [5.74, 6) is 1.88. The van der Waals surface area contributed by atoms with Gasteiger partial charge in [-0.15, -0.1) is 11.8 Å². The lowest BCUT2D eigenvalue weighted by atomic mass is 10.0. The Morgan fingerprint density at radius 3 is 2.83 bits per heavy atom. The van der Waals surface area contributed by atoms with Gasteiger partial charge in [0.1, 0.15) is 5.75 Å². The van der Waals surface area contributed by atoms with Gasteiger partial charge in [0.25, 0.3) is 0 Å². The number of fused-ring (bicyclic) bond motifs is 1. The smallest absolute Gasteiger partial charge is 0.166 e. The van der Waals surface area contributed by atoms with Crippen molar-refractivity contribution in [3.8, 4) is 5.75 Å². The molecule has 0 unspecified atom stereocenters. The fraction of sp³-hybridized carbons (Fsp3) is 0.278. The van der Waals surface area contributed by atoms with Crippen LogP contribution in [0.25, 0.3) is 0 Å². The first-order chi connectivity index (χ1) is 11.7. The van der Waals surface area contributed by atoms with Gasteiger partial charge in [-0.1, -0.05) is 29.8 Å². The molecule has 0 aromatic heterocycles. The molecule has 3 nitrogen and oxygen atoms in total. The maximum absolute atomic E-state index is 5.89. The first-order valence-electron chi connectivity index (χ1n) is 7.87. The normalized spacial score (nSPS) is 16.0. The third-order valence-corrected chi connectivity index (χ3v) is 5.26. The fourth-order valence-corrected chi connectivity index (χ4v) is 3.70. The Hall–Kier alpha value is -1.43. The van der Waals surface area contributed by atoms with E-state index in [1.807, 2.05) is 42.5 Å². The predicted molar refractivity (Wildman–Crippen MR) is 105 cm³/mol. The minimum Gasteiger partial charge on any atom is -0.493 e. The summed E-state index contributed by atoms with van der Waals surface area (Å²) < 4.78 is 5.67. The summed E-state index contributed by atoms with van der Waals surface area (Å²) in [6.45, 7) is 1.52. The third-order valence-electron chi connectivity index (χ3n) is 3.73. The molecular formula is C18H19ClN2OS2. The van der Waals surface area contributed by atoms with E-state index in [1.165, 1.54) is 10.5 Å².